The summed E-state index contributed by atoms with van der Waals surface area (Å²) in [4.78, 5) is 26.8. The Bertz CT molecular complexity index is 1090. The first-order chi connectivity index (χ1) is 14.2. The first kappa shape index (κ1) is 21.1. The fourth-order valence-corrected chi connectivity index (χ4v) is 2.73. The van der Waals surface area contributed by atoms with Crippen LogP contribution in [0.5, 0.6) is 11.6 Å². The number of halogens is 4. The molecule has 0 aliphatic carbocycles. The lowest BCUT2D eigenvalue weighted by Gasteiger charge is -2.18. The maximum absolute atomic E-state index is 12.7. The van der Waals surface area contributed by atoms with Crippen LogP contribution in [0.4, 0.5) is 30.2 Å². The SMILES string of the molecule is O=CN(c1ccc(Oc2ncc(C(F)(F)F)cc2Cl)cc1)c1ccccc1[N+](=O)[O-]. The Morgan fingerprint density at radius 1 is 1.13 bits per heavy atom. The summed E-state index contributed by atoms with van der Waals surface area (Å²) in [5, 5.41) is 10.9. The van der Waals surface area contributed by atoms with Gasteiger partial charge in [-0.25, -0.2) is 4.98 Å². The summed E-state index contributed by atoms with van der Waals surface area (Å²) in [6.45, 7) is 0. The van der Waals surface area contributed by atoms with Crippen molar-refractivity contribution in [2.75, 3.05) is 4.90 Å². The van der Waals surface area contributed by atoms with Crippen LogP contribution in [0.2, 0.25) is 5.02 Å². The van der Waals surface area contributed by atoms with Crippen molar-refractivity contribution in [3.05, 3.63) is 81.5 Å². The quantitative estimate of drug-likeness (QED) is 0.278. The van der Waals surface area contributed by atoms with Crippen LogP contribution < -0.4 is 9.64 Å². The molecule has 0 N–H and O–H groups in total. The maximum atomic E-state index is 12.7. The Hall–Kier alpha value is -3.66. The number of nitro benzene ring substituents is 1. The summed E-state index contributed by atoms with van der Waals surface area (Å²) >= 11 is 5.81. The number of alkyl halides is 3. The largest absolute Gasteiger partial charge is 0.438 e. The van der Waals surface area contributed by atoms with E-state index in [2.05, 4.69) is 4.98 Å². The molecule has 30 heavy (non-hydrogen) atoms. The third kappa shape index (κ3) is 4.49. The number of carbonyl (C=O) groups excluding carboxylic acids is 1. The highest BCUT2D eigenvalue weighted by Crippen LogP contribution is 2.36. The van der Waals surface area contributed by atoms with E-state index in [0.717, 1.165) is 4.90 Å². The lowest BCUT2D eigenvalue weighted by molar-refractivity contribution is -0.384. The molecule has 3 rings (SSSR count). The number of amides is 1. The summed E-state index contributed by atoms with van der Waals surface area (Å²) in [7, 11) is 0. The van der Waals surface area contributed by atoms with E-state index in [0.29, 0.717) is 24.4 Å². The number of anilines is 2. The van der Waals surface area contributed by atoms with E-state index in [1.165, 1.54) is 42.5 Å². The number of nitrogens with zero attached hydrogens (tertiary/aromatic N) is 3. The first-order valence-corrected chi connectivity index (χ1v) is 8.57. The topological polar surface area (TPSA) is 85.6 Å². The number of hydrogen-bond donors (Lipinski definition) is 0. The van der Waals surface area contributed by atoms with Gasteiger partial charge in [0.05, 0.1) is 10.5 Å². The standard InChI is InChI=1S/C19H11ClF3N3O4/c20-15-9-12(19(21,22)23)10-24-18(15)30-14-7-5-13(6-8-14)25(11-27)16-3-1-2-4-17(16)26(28)29/h1-11H. The number of hydrogen-bond acceptors (Lipinski definition) is 5. The molecule has 0 bridgehead atoms. The molecule has 3 aromatic rings. The average molecular weight is 438 g/mol. The van der Waals surface area contributed by atoms with E-state index < -0.39 is 16.7 Å². The van der Waals surface area contributed by atoms with E-state index in [4.69, 9.17) is 16.3 Å². The second-order valence-corrected chi connectivity index (χ2v) is 6.23. The third-order valence-electron chi connectivity index (χ3n) is 3.91. The summed E-state index contributed by atoms with van der Waals surface area (Å²) in [5.41, 5.74) is -0.899. The maximum Gasteiger partial charge on any atom is 0.417 e. The van der Waals surface area contributed by atoms with Crippen molar-refractivity contribution in [2.45, 2.75) is 6.18 Å². The van der Waals surface area contributed by atoms with Gasteiger partial charge in [-0.15, -0.1) is 0 Å². The Kier molecular flexibility index (Phi) is 5.88. The van der Waals surface area contributed by atoms with Gasteiger partial charge in [-0.2, -0.15) is 13.2 Å². The molecule has 0 radical (unpaired) electrons. The lowest BCUT2D eigenvalue weighted by Crippen LogP contribution is -2.15. The minimum Gasteiger partial charge on any atom is -0.438 e. The molecule has 2 aromatic carbocycles. The average Bonchev–Trinajstić information content (AvgIpc) is 2.71. The third-order valence-corrected chi connectivity index (χ3v) is 4.18. The Morgan fingerprint density at radius 3 is 2.37 bits per heavy atom. The molecule has 0 saturated heterocycles. The fourth-order valence-electron chi connectivity index (χ4n) is 2.52. The molecule has 0 aliphatic rings. The molecular weight excluding hydrogens is 427 g/mol. The van der Waals surface area contributed by atoms with Gasteiger partial charge in [-0.05, 0) is 36.4 Å². The van der Waals surface area contributed by atoms with Gasteiger partial charge < -0.3 is 4.74 Å². The van der Waals surface area contributed by atoms with E-state index in [1.807, 2.05) is 0 Å². The molecule has 0 unspecified atom stereocenters. The summed E-state index contributed by atoms with van der Waals surface area (Å²) in [6.07, 6.45) is -3.57. The minimum absolute atomic E-state index is 0.0682. The first-order valence-electron chi connectivity index (χ1n) is 8.19. The van der Waals surface area contributed by atoms with Crippen LogP contribution >= 0.6 is 11.6 Å². The zero-order chi connectivity index (χ0) is 21.9. The number of rotatable bonds is 6. The Balaban J connectivity index is 1.85. The number of ether oxygens (including phenoxy) is 1. The van der Waals surface area contributed by atoms with E-state index >= 15 is 0 Å². The highest BCUT2D eigenvalue weighted by Gasteiger charge is 2.31. The van der Waals surface area contributed by atoms with Gasteiger partial charge in [0, 0.05) is 18.0 Å². The van der Waals surface area contributed by atoms with Crippen LogP contribution in [0, 0.1) is 10.1 Å². The molecule has 1 heterocycles. The van der Waals surface area contributed by atoms with Gasteiger partial charge >= 0.3 is 6.18 Å². The lowest BCUT2D eigenvalue weighted by atomic mass is 10.2. The van der Waals surface area contributed by atoms with Gasteiger partial charge in [0.2, 0.25) is 12.3 Å². The van der Waals surface area contributed by atoms with Crippen molar-refractivity contribution in [3.63, 3.8) is 0 Å². The molecule has 154 valence electrons. The van der Waals surface area contributed by atoms with Gasteiger partial charge in [0.25, 0.3) is 5.69 Å². The number of carbonyl (C=O) groups is 1. The number of aromatic nitrogens is 1. The molecular formula is C19H11ClF3N3O4. The number of nitro groups is 1. The van der Waals surface area contributed by atoms with Crippen LogP contribution in [0.1, 0.15) is 5.56 Å². The monoisotopic (exact) mass is 437 g/mol. The van der Waals surface area contributed by atoms with Crippen molar-refractivity contribution in [1.82, 2.24) is 4.98 Å². The summed E-state index contributed by atoms with van der Waals surface area (Å²) in [5.74, 6) is -0.0512. The van der Waals surface area contributed by atoms with Crippen molar-refractivity contribution in [3.8, 4) is 11.6 Å². The van der Waals surface area contributed by atoms with Crippen molar-refractivity contribution < 1.29 is 27.6 Å². The van der Waals surface area contributed by atoms with Crippen molar-refractivity contribution in [2.24, 2.45) is 0 Å². The number of benzene rings is 2. The zero-order valence-electron chi connectivity index (χ0n) is 14.8. The Labute approximate surface area is 172 Å². The second-order valence-electron chi connectivity index (χ2n) is 5.83. The van der Waals surface area contributed by atoms with Crippen LogP contribution in [-0.4, -0.2) is 16.3 Å². The Morgan fingerprint density at radius 2 is 1.80 bits per heavy atom. The second kappa shape index (κ2) is 8.37. The molecule has 0 fully saturated rings. The van der Waals surface area contributed by atoms with E-state index in [1.54, 1.807) is 6.07 Å². The summed E-state index contributed by atoms with van der Waals surface area (Å²) < 4.78 is 43.4. The van der Waals surface area contributed by atoms with Crippen molar-refractivity contribution in [1.29, 1.82) is 0 Å². The molecule has 1 amide bonds. The van der Waals surface area contributed by atoms with Crippen LogP contribution in [-0.2, 0) is 11.0 Å². The molecule has 0 atom stereocenters. The molecule has 11 heteroatoms. The van der Waals surface area contributed by atoms with E-state index in [-0.39, 0.29) is 28.0 Å². The van der Waals surface area contributed by atoms with Crippen molar-refractivity contribution >= 4 is 35.1 Å². The molecule has 1 aromatic heterocycles. The van der Waals surface area contributed by atoms with Gasteiger partial charge in [0.15, 0.2) is 0 Å². The summed E-state index contributed by atoms with van der Waals surface area (Å²) in [6, 6.07) is 12.1. The van der Waals surface area contributed by atoms with Crippen LogP contribution in [0.15, 0.2) is 60.8 Å². The van der Waals surface area contributed by atoms with E-state index in [9.17, 15) is 28.1 Å². The smallest absolute Gasteiger partial charge is 0.417 e. The molecule has 0 aliphatic heterocycles. The highest BCUT2D eigenvalue weighted by atomic mass is 35.5. The minimum atomic E-state index is -4.59. The van der Waals surface area contributed by atoms with Gasteiger partial charge in [-0.1, -0.05) is 23.7 Å². The molecule has 0 spiro atoms. The normalized spacial score (nSPS) is 11.1. The van der Waals surface area contributed by atoms with Gasteiger partial charge in [0.1, 0.15) is 16.5 Å². The van der Waals surface area contributed by atoms with Crippen LogP contribution in [0.3, 0.4) is 0 Å². The fraction of sp³-hybridized carbons (Fsp3) is 0.0526. The molecule has 7 nitrogen and oxygen atoms in total. The predicted octanol–water partition coefficient (Wildman–Crippen LogP) is 5.75. The zero-order valence-corrected chi connectivity index (χ0v) is 15.6. The number of pyridine rings is 1. The molecule has 0 saturated carbocycles. The van der Waals surface area contributed by atoms with Gasteiger partial charge in [-0.3, -0.25) is 19.8 Å². The highest BCUT2D eigenvalue weighted by molar-refractivity contribution is 6.31. The van der Waals surface area contributed by atoms with Crippen LogP contribution in [0.25, 0.3) is 0 Å². The number of para-hydroxylation sites is 2. The predicted molar refractivity (Wildman–Crippen MR) is 102 cm³/mol.